The Balaban J connectivity index is 2.17. The van der Waals surface area contributed by atoms with E-state index in [9.17, 15) is 34.6 Å². The van der Waals surface area contributed by atoms with Gasteiger partial charge in [0.15, 0.2) is 6.10 Å². The van der Waals surface area contributed by atoms with Crippen molar-refractivity contribution in [1.82, 2.24) is 0 Å². The monoisotopic (exact) mass is 451 g/mol. The largest absolute Gasteiger partial charge is 0.465 e. The number of esters is 2. The molecule has 0 aromatic heterocycles. The van der Waals surface area contributed by atoms with E-state index in [4.69, 9.17) is 16.3 Å². The Morgan fingerprint density at radius 3 is 2.06 bits per heavy atom. The summed E-state index contributed by atoms with van der Waals surface area (Å²) in [5, 5.41) is 24.0. The number of amides is 1. The number of rotatable bonds is 7. The Labute approximate surface area is 179 Å². The third-order valence-corrected chi connectivity index (χ3v) is 4.17. The molecule has 31 heavy (non-hydrogen) atoms. The minimum absolute atomic E-state index is 0.0449. The van der Waals surface area contributed by atoms with Gasteiger partial charge in [-0.2, -0.15) is 0 Å². The van der Waals surface area contributed by atoms with Crippen LogP contribution >= 0.6 is 11.6 Å². The van der Waals surface area contributed by atoms with Crippen molar-refractivity contribution in [3.63, 3.8) is 0 Å². The first-order valence-electron chi connectivity index (χ1n) is 8.37. The van der Waals surface area contributed by atoms with Gasteiger partial charge < -0.3 is 14.8 Å². The van der Waals surface area contributed by atoms with Crippen molar-refractivity contribution < 1.29 is 33.7 Å². The number of methoxy groups -OCH3 is 1. The highest BCUT2D eigenvalue weighted by Crippen LogP contribution is 2.27. The van der Waals surface area contributed by atoms with E-state index in [2.05, 4.69) is 10.1 Å². The molecule has 0 aliphatic heterocycles. The van der Waals surface area contributed by atoms with Crippen molar-refractivity contribution in [2.24, 2.45) is 0 Å². The fraction of sp³-hybridized carbons (Fsp3) is 0.167. The van der Waals surface area contributed by atoms with Gasteiger partial charge in [0.1, 0.15) is 0 Å². The number of carbonyl (C=O) groups is 3. The molecule has 1 amide bonds. The van der Waals surface area contributed by atoms with Crippen molar-refractivity contribution in [3.8, 4) is 0 Å². The van der Waals surface area contributed by atoms with Crippen molar-refractivity contribution in [2.75, 3.05) is 12.4 Å². The first-order valence-corrected chi connectivity index (χ1v) is 8.75. The number of anilines is 1. The SMILES string of the molecule is COC(=O)c1cc(C(=O)OC(C)C(=O)Nc2ccc([N+](=O)[O-])cc2Cl)cc([N+](=O)[O-])c1. The molecular weight excluding hydrogens is 438 g/mol. The Bertz CT molecular complexity index is 1090. The number of halogens is 1. The first-order chi connectivity index (χ1) is 14.5. The lowest BCUT2D eigenvalue weighted by Gasteiger charge is -2.14. The normalized spacial score (nSPS) is 11.2. The lowest BCUT2D eigenvalue weighted by Crippen LogP contribution is -2.30. The minimum Gasteiger partial charge on any atom is -0.465 e. The third-order valence-electron chi connectivity index (χ3n) is 3.86. The molecule has 1 atom stereocenters. The summed E-state index contributed by atoms with van der Waals surface area (Å²) in [5.74, 6) is -2.83. The van der Waals surface area contributed by atoms with Gasteiger partial charge in [0, 0.05) is 24.3 Å². The predicted molar refractivity (Wildman–Crippen MR) is 106 cm³/mol. The van der Waals surface area contributed by atoms with E-state index in [1.807, 2.05) is 0 Å². The first kappa shape index (κ1) is 23.2. The molecule has 0 heterocycles. The molecule has 2 aromatic carbocycles. The minimum atomic E-state index is -1.38. The van der Waals surface area contributed by atoms with E-state index in [0.717, 1.165) is 37.4 Å². The highest BCUT2D eigenvalue weighted by molar-refractivity contribution is 6.34. The molecule has 13 heteroatoms. The van der Waals surface area contributed by atoms with Crippen molar-refractivity contribution in [1.29, 1.82) is 0 Å². The van der Waals surface area contributed by atoms with Gasteiger partial charge in [-0.05, 0) is 19.1 Å². The Kier molecular flexibility index (Phi) is 7.21. The van der Waals surface area contributed by atoms with Gasteiger partial charge in [0.2, 0.25) is 0 Å². The van der Waals surface area contributed by atoms with E-state index in [1.54, 1.807) is 0 Å². The summed E-state index contributed by atoms with van der Waals surface area (Å²) in [7, 11) is 1.06. The topological polar surface area (TPSA) is 168 Å². The Morgan fingerprint density at radius 2 is 1.55 bits per heavy atom. The number of nitrogens with zero attached hydrogens (tertiary/aromatic N) is 2. The number of nitro benzene ring substituents is 2. The van der Waals surface area contributed by atoms with Crippen molar-refractivity contribution >= 4 is 46.5 Å². The molecule has 0 aliphatic carbocycles. The van der Waals surface area contributed by atoms with Crippen LogP contribution in [0.1, 0.15) is 27.6 Å². The van der Waals surface area contributed by atoms with Gasteiger partial charge in [0.05, 0.1) is 38.8 Å². The van der Waals surface area contributed by atoms with Crippen LogP contribution in [-0.2, 0) is 14.3 Å². The van der Waals surface area contributed by atoms with Crippen LogP contribution < -0.4 is 5.32 Å². The molecule has 12 nitrogen and oxygen atoms in total. The van der Waals surface area contributed by atoms with Crippen LogP contribution in [0.15, 0.2) is 36.4 Å². The lowest BCUT2D eigenvalue weighted by atomic mass is 10.1. The van der Waals surface area contributed by atoms with Gasteiger partial charge >= 0.3 is 11.9 Å². The molecule has 2 aromatic rings. The number of nitro groups is 2. The standard InChI is InChI=1S/C18H14ClN3O9/c1-9(16(23)20-15-4-3-12(21(26)27)8-14(15)19)31-18(25)11-5-10(17(24)30-2)6-13(7-11)22(28)29/h3-9H,1-2H3,(H,20,23). The average molecular weight is 452 g/mol. The molecule has 0 saturated heterocycles. The third kappa shape index (κ3) is 5.73. The second-order valence-corrected chi connectivity index (χ2v) is 6.38. The van der Waals surface area contributed by atoms with Gasteiger partial charge in [-0.3, -0.25) is 25.0 Å². The fourth-order valence-corrected chi connectivity index (χ4v) is 2.53. The van der Waals surface area contributed by atoms with Crippen LogP contribution in [0.3, 0.4) is 0 Å². The Hall–Kier alpha value is -4.06. The molecule has 0 bridgehead atoms. The summed E-state index contributed by atoms with van der Waals surface area (Å²) >= 11 is 5.90. The summed E-state index contributed by atoms with van der Waals surface area (Å²) in [5.41, 5.74) is -1.39. The summed E-state index contributed by atoms with van der Waals surface area (Å²) < 4.78 is 9.49. The van der Waals surface area contributed by atoms with E-state index < -0.39 is 39.5 Å². The van der Waals surface area contributed by atoms with Gasteiger partial charge in [-0.15, -0.1) is 0 Å². The number of non-ortho nitro benzene ring substituents is 2. The van der Waals surface area contributed by atoms with Gasteiger partial charge in [-0.25, -0.2) is 9.59 Å². The van der Waals surface area contributed by atoms with Crippen LogP contribution in [0.25, 0.3) is 0 Å². The Morgan fingerprint density at radius 1 is 0.968 bits per heavy atom. The summed E-state index contributed by atoms with van der Waals surface area (Å²) in [6.45, 7) is 1.23. The van der Waals surface area contributed by atoms with E-state index >= 15 is 0 Å². The molecule has 0 saturated carbocycles. The predicted octanol–water partition coefficient (Wildman–Crippen LogP) is 3.13. The maximum absolute atomic E-state index is 12.4. The smallest absolute Gasteiger partial charge is 0.339 e. The van der Waals surface area contributed by atoms with Gasteiger partial charge in [0.25, 0.3) is 17.3 Å². The summed E-state index contributed by atoms with van der Waals surface area (Å²) in [6, 6.07) is 6.19. The second kappa shape index (κ2) is 9.63. The molecule has 0 radical (unpaired) electrons. The highest BCUT2D eigenvalue weighted by Gasteiger charge is 2.24. The number of nitrogens with one attached hydrogen (secondary N) is 1. The number of hydrogen-bond donors (Lipinski definition) is 1. The maximum Gasteiger partial charge on any atom is 0.339 e. The van der Waals surface area contributed by atoms with E-state index in [0.29, 0.717) is 0 Å². The molecule has 0 fully saturated rings. The zero-order valence-corrected chi connectivity index (χ0v) is 16.7. The van der Waals surface area contributed by atoms with Crippen molar-refractivity contribution in [3.05, 3.63) is 72.8 Å². The fourth-order valence-electron chi connectivity index (χ4n) is 2.31. The molecule has 1 N–H and O–H groups in total. The van der Waals surface area contributed by atoms with Crippen LogP contribution in [0, 0.1) is 20.2 Å². The number of benzene rings is 2. The quantitative estimate of drug-likeness (QED) is 0.377. The highest BCUT2D eigenvalue weighted by atomic mass is 35.5. The van der Waals surface area contributed by atoms with Crippen LogP contribution in [-0.4, -0.2) is 40.9 Å². The van der Waals surface area contributed by atoms with E-state index in [1.165, 1.54) is 13.0 Å². The number of ether oxygens (including phenoxy) is 2. The maximum atomic E-state index is 12.4. The van der Waals surface area contributed by atoms with Gasteiger partial charge in [-0.1, -0.05) is 11.6 Å². The van der Waals surface area contributed by atoms with Crippen molar-refractivity contribution in [2.45, 2.75) is 13.0 Å². The second-order valence-electron chi connectivity index (χ2n) is 5.98. The van der Waals surface area contributed by atoms with Crippen LogP contribution in [0.2, 0.25) is 5.02 Å². The molecule has 0 spiro atoms. The number of hydrogen-bond acceptors (Lipinski definition) is 9. The van der Waals surface area contributed by atoms with Crippen LogP contribution in [0.5, 0.6) is 0 Å². The summed E-state index contributed by atoms with van der Waals surface area (Å²) in [6.07, 6.45) is -1.38. The molecular formula is C18H14ClN3O9. The number of carbonyl (C=O) groups excluding carboxylic acids is 3. The molecule has 2 rings (SSSR count). The molecule has 162 valence electrons. The summed E-state index contributed by atoms with van der Waals surface area (Å²) in [4.78, 5) is 56.6. The lowest BCUT2D eigenvalue weighted by molar-refractivity contribution is -0.385. The zero-order valence-electron chi connectivity index (χ0n) is 16.0. The average Bonchev–Trinajstić information content (AvgIpc) is 2.73. The molecule has 1 unspecified atom stereocenters. The molecule has 0 aliphatic rings. The van der Waals surface area contributed by atoms with E-state index in [-0.39, 0.29) is 27.5 Å². The zero-order chi connectivity index (χ0) is 23.3. The van der Waals surface area contributed by atoms with Crippen LogP contribution in [0.4, 0.5) is 17.1 Å².